The fraction of sp³-hybridized carbons (Fsp3) is 0.800. The zero-order valence-electron chi connectivity index (χ0n) is 12.7. The standard InChI is InChI=1S/C15H26N6/c16-15(18-11-12-5-4-6-12)17-9-8-14-20-19-13-7-2-1-3-10-21(13)14/h12H,1-11H2,(H3,16,17,18). The Morgan fingerprint density at radius 3 is 2.95 bits per heavy atom. The van der Waals surface area contributed by atoms with E-state index >= 15 is 0 Å². The Balaban J connectivity index is 1.45. The van der Waals surface area contributed by atoms with Crippen molar-refractivity contribution in [1.82, 2.24) is 20.1 Å². The Morgan fingerprint density at radius 2 is 2.14 bits per heavy atom. The fourth-order valence-electron chi connectivity index (χ4n) is 2.99. The number of aromatic nitrogens is 3. The number of hydrogen-bond donors (Lipinski definition) is 2. The van der Waals surface area contributed by atoms with Crippen LogP contribution in [0.1, 0.15) is 50.2 Å². The maximum atomic E-state index is 5.90. The molecule has 0 amide bonds. The average molecular weight is 290 g/mol. The van der Waals surface area contributed by atoms with Crippen molar-refractivity contribution in [3.05, 3.63) is 11.6 Å². The topological polar surface area (TPSA) is 81.1 Å². The maximum absolute atomic E-state index is 5.90. The predicted molar refractivity (Wildman–Crippen MR) is 83.1 cm³/mol. The van der Waals surface area contributed by atoms with Crippen LogP contribution in [0.2, 0.25) is 0 Å². The van der Waals surface area contributed by atoms with Gasteiger partial charge in [0, 0.05) is 32.5 Å². The Kier molecular flexibility index (Phi) is 4.72. The predicted octanol–water partition coefficient (Wildman–Crippen LogP) is 1.25. The van der Waals surface area contributed by atoms with Crippen LogP contribution < -0.4 is 11.1 Å². The molecule has 0 aromatic carbocycles. The van der Waals surface area contributed by atoms with Crippen molar-refractivity contribution in [2.75, 3.05) is 13.1 Å². The van der Waals surface area contributed by atoms with Gasteiger partial charge in [0.05, 0.1) is 0 Å². The first kappa shape index (κ1) is 14.4. The molecule has 0 saturated heterocycles. The summed E-state index contributed by atoms with van der Waals surface area (Å²) in [5.74, 6) is 3.55. The van der Waals surface area contributed by atoms with Crippen molar-refractivity contribution in [2.45, 2.75) is 57.9 Å². The number of fused-ring (bicyclic) bond motifs is 1. The van der Waals surface area contributed by atoms with Crippen LogP contribution in [-0.2, 0) is 19.4 Å². The van der Waals surface area contributed by atoms with Gasteiger partial charge in [0.15, 0.2) is 5.96 Å². The smallest absolute Gasteiger partial charge is 0.188 e. The molecule has 0 unspecified atom stereocenters. The molecule has 2 aliphatic rings. The molecule has 1 aromatic rings. The first-order chi connectivity index (χ1) is 10.3. The number of aliphatic imine (C=N–C) groups is 1. The van der Waals surface area contributed by atoms with Crippen molar-refractivity contribution < 1.29 is 0 Å². The van der Waals surface area contributed by atoms with Gasteiger partial charge in [-0.25, -0.2) is 0 Å². The zero-order chi connectivity index (χ0) is 14.5. The van der Waals surface area contributed by atoms with E-state index < -0.39 is 0 Å². The van der Waals surface area contributed by atoms with Crippen LogP contribution in [0.5, 0.6) is 0 Å². The molecule has 116 valence electrons. The van der Waals surface area contributed by atoms with Gasteiger partial charge in [-0.15, -0.1) is 10.2 Å². The third kappa shape index (κ3) is 3.74. The fourth-order valence-corrected chi connectivity index (χ4v) is 2.99. The molecule has 21 heavy (non-hydrogen) atoms. The van der Waals surface area contributed by atoms with E-state index in [1.54, 1.807) is 0 Å². The summed E-state index contributed by atoms with van der Waals surface area (Å²) < 4.78 is 2.29. The number of aryl methyl sites for hydroxylation is 1. The van der Waals surface area contributed by atoms with Gasteiger partial charge >= 0.3 is 0 Å². The lowest BCUT2D eigenvalue weighted by atomic mass is 9.86. The molecule has 3 rings (SSSR count). The minimum atomic E-state index is 0.567. The molecule has 1 aliphatic carbocycles. The lowest BCUT2D eigenvalue weighted by Gasteiger charge is -2.23. The van der Waals surface area contributed by atoms with E-state index in [9.17, 15) is 0 Å². The molecule has 1 fully saturated rings. The lowest BCUT2D eigenvalue weighted by Crippen LogP contribution is -2.34. The summed E-state index contributed by atoms with van der Waals surface area (Å²) in [5.41, 5.74) is 5.90. The van der Waals surface area contributed by atoms with Crippen molar-refractivity contribution in [2.24, 2.45) is 16.6 Å². The van der Waals surface area contributed by atoms with Gasteiger partial charge in [0.2, 0.25) is 0 Å². The van der Waals surface area contributed by atoms with Crippen LogP contribution in [0, 0.1) is 5.92 Å². The van der Waals surface area contributed by atoms with Crippen molar-refractivity contribution in [3.8, 4) is 0 Å². The second kappa shape index (κ2) is 6.91. The number of rotatable bonds is 5. The monoisotopic (exact) mass is 290 g/mol. The SMILES string of the molecule is NC(=NCC1CCC1)NCCc1nnc2n1CCCCC2. The largest absolute Gasteiger partial charge is 0.370 e. The highest BCUT2D eigenvalue weighted by Gasteiger charge is 2.16. The van der Waals surface area contributed by atoms with Crippen molar-refractivity contribution >= 4 is 5.96 Å². The van der Waals surface area contributed by atoms with Gasteiger partial charge in [0.25, 0.3) is 0 Å². The van der Waals surface area contributed by atoms with Crippen molar-refractivity contribution in [1.29, 1.82) is 0 Å². The molecule has 0 spiro atoms. The van der Waals surface area contributed by atoms with E-state index in [0.717, 1.165) is 50.0 Å². The molecule has 1 saturated carbocycles. The zero-order valence-corrected chi connectivity index (χ0v) is 12.7. The second-order valence-corrected chi connectivity index (χ2v) is 6.19. The highest BCUT2D eigenvalue weighted by Crippen LogP contribution is 2.26. The molecule has 1 aromatic heterocycles. The minimum absolute atomic E-state index is 0.567. The summed E-state index contributed by atoms with van der Waals surface area (Å²) in [6.07, 6.45) is 9.64. The second-order valence-electron chi connectivity index (χ2n) is 6.19. The summed E-state index contributed by atoms with van der Waals surface area (Å²) in [6, 6.07) is 0. The van der Waals surface area contributed by atoms with E-state index in [2.05, 4.69) is 25.1 Å². The molecule has 0 radical (unpaired) electrons. The summed E-state index contributed by atoms with van der Waals surface area (Å²) in [6.45, 7) is 2.71. The number of hydrogen-bond acceptors (Lipinski definition) is 3. The van der Waals surface area contributed by atoms with Gasteiger partial charge in [-0.1, -0.05) is 12.8 Å². The number of guanidine groups is 1. The van der Waals surface area contributed by atoms with Crippen LogP contribution in [0.15, 0.2) is 4.99 Å². The van der Waals surface area contributed by atoms with E-state index in [1.807, 2.05) is 0 Å². The maximum Gasteiger partial charge on any atom is 0.188 e. The van der Waals surface area contributed by atoms with Gasteiger partial charge in [-0.3, -0.25) is 4.99 Å². The van der Waals surface area contributed by atoms with E-state index in [-0.39, 0.29) is 0 Å². The van der Waals surface area contributed by atoms with E-state index in [0.29, 0.717) is 5.96 Å². The first-order valence-corrected chi connectivity index (χ1v) is 8.27. The van der Waals surface area contributed by atoms with E-state index in [4.69, 9.17) is 5.73 Å². The number of nitrogens with zero attached hydrogens (tertiary/aromatic N) is 4. The summed E-state index contributed by atoms with van der Waals surface area (Å²) in [5, 5.41) is 11.8. The van der Waals surface area contributed by atoms with Gasteiger partial charge < -0.3 is 15.6 Å². The Hall–Kier alpha value is -1.59. The van der Waals surface area contributed by atoms with Gasteiger partial charge in [-0.2, -0.15) is 0 Å². The average Bonchev–Trinajstić information content (AvgIpc) is 2.66. The molecule has 6 heteroatoms. The van der Waals surface area contributed by atoms with Crippen molar-refractivity contribution in [3.63, 3.8) is 0 Å². The third-order valence-corrected chi connectivity index (χ3v) is 4.59. The Bertz CT molecular complexity index is 488. The van der Waals surface area contributed by atoms with E-state index in [1.165, 1.54) is 38.5 Å². The third-order valence-electron chi connectivity index (χ3n) is 4.59. The molecule has 3 N–H and O–H groups in total. The molecule has 2 heterocycles. The molecule has 1 aliphatic heterocycles. The van der Waals surface area contributed by atoms with Crippen LogP contribution in [-0.4, -0.2) is 33.8 Å². The minimum Gasteiger partial charge on any atom is -0.370 e. The molecule has 0 bridgehead atoms. The van der Waals surface area contributed by atoms with Gasteiger partial charge in [-0.05, 0) is 31.6 Å². The highest BCUT2D eigenvalue weighted by molar-refractivity contribution is 5.77. The summed E-state index contributed by atoms with van der Waals surface area (Å²) >= 11 is 0. The van der Waals surface area contributed by atoms with Crippen LogP contribution >= 0.6 is 0 Å². The lowest BCUT2D eigenvalue weighted by molar-refractivity contribution is 0.326. The first-order valence-electron chi connectivity index (χ1n) is 8.27. The molecular formula is C15H26N6. The molecule has 0 atom stereocenters. The highest BCUT2D eigenvalue weighted by atomic mass is 15.3. The van der Waals surface area contributed by atoms with Crippen LogP contribution in [0.4, 0.5) is 0 Å². The molecular weight excluding hydrogens is 264 g/mol. The Labute approximate surface area is 126 Å². The Morgan fingerprint density at radius 1 is 1.24 bits per heavy atom. The normalized spacial score (nSPS) is 19.7. The number of nitrogens with one attached hydrogen (secondary N) is 1. The van der Waals surface area contributed by atoms with Gasteiger partial charge in [0.1, 0.15) is 11.6 Å². The summed E-state index contributed by atoms with van der Waals surface area (Å²) in [7, 11) is 0. The molecule has 6 nitrogen and oxygen atoms in total. The quantitative estimate of drug-likeness (QED) is 0.632. The van der Waals surface area contributed by atoms with Crippen LogP contribution in [0.25, 0.3) is 0 Å². The summed E-state index contributed by atoms with van der Waals surface area (Å²) in [4.78, 5) is 4.41. The van der Waals surface area contributed by atoms with Crippen LogP contribution in [0.3, 0.4) is 0 Å². The number of nitrogens with two attached hydrogens (primary N) is 1.